The molecule has 0 aliphatic heterocycles. The lowest BCUT2D eigenvalue weighted by Gasteiger charge is -2.13. The first-order chi connectivity index (χ1) is 7.52. The average molecular weight is 241 g/mol. The first kappa shape index (κ1) is 12.8. The molecule has 0 saturated carbocycles. The Labute approximate surface area is 101 Å². The van der Waals surface area contributed by atoms with Gasteiger partial charge in [-0.2, -0.15) is 0 Å². The summed E-state index contributed by atoms with van der Waals surface area (Å²) < 4.78 is 0. The smallest absolute Gasteiger partial charge is 0.319 e. The summed E-state index contributed by atoms with van der Waals surface area (Å²) in [5, 5.41) is 6.09. The van der Waals surface area contributed by atoms with Crippen molar-refractivity contribution >= 4 is 23.3 Å². The fourth-order valence-corrected chi connectivity index (χ4v) is 1.49. The summed E-state index contributed by atoms with van der Waals surface area (Å²) in [5.41, 5.74) is 1.70. The molecule has 1 unspecified atom stereocenters. The maximum Gasteiger partial charge on any atom is 0.319 e. The molecule has 4 heteroatoms. The lowest BCUT2D eigenvalue weighted by atomic mass is 10.2. The molecule has 0 saturated heterocycles. The first-order valence-electron chi connectivity index (χ1n) is 5.36. The van der Waals surface area contributed by atoms with Gasteiger partial charge in [0.15, 0.2) is 0 Å². The Morgan fingerprint density at radius 1 is 1.50 bits per heavy atom. The molecule has 16 heavy (non-hydrogen) atoms. The highest BCUT2D eigenvalue weighted by Crippen LogP contribution is 2.22. The van der Waals surface area contributed by atoms with Gasteiger partial charge in [-0.15, -0.1) is 0 Å². The predicted octanol–water partition coefficient (Wildman–Crippen LogP) is 3.57. The van der Waals surface area contributed by atoms with Gasteiger partial charge in [0, 0.05) is 6.04 Å². The van der Waals surface area contributed by atoms with Crippen LogP contribution in [-0.2, 0) is 0 Å². The summed E-state index contributed by atoms with van der Waals surface area (Å²) in [4.78, 5) is 11.5. The van der Waals surface area contributed by atoms with Crippen molar-refractivity contribution in [1.82, 2.24) is 5.32 Å². The zero-order valence-electron chi connectivity index (χ0n) is 9.80. The molecule has 0 radical (unpaired) electrons. The van der Waals surface area contributed by atoms with E-state index < -0.39 is 0 Å². The number of carbonyl (C=O) groups excluding carboxylic acids is 1. The summed E-state index contributed by atoms with van der Waals surface area (Å²) in [6.45, 7) is 5.93. The van der Waals surface area contributed by atoms with Gasteiger partial charge < -0.3 is 10.6 Å². The number of carbonyl (C=O) groups is 1. The zero-order valence-corrected chi connectivity index (χ0v) is 10.6. The number of benzene rings is 1. The van der Waals surface area contributed by atoms with Crippen molar-refractivity contribution < 1.29 is 4.79 Å². The molecule has 1 atom stereocenters. The Hall–Kier alpha value is -1.22. The molecule has 2 amide bonds. The van der Waals surface area contributed by atoms with E-state index in [0.29, 0.717) is 10.7 Å². The van der Waals surface area contributed by atoms with Gasteiger partial charge in [0.2, 0.25) is 0 Å². The SMILES string of the molecule is CCC(C)NC(=O)Nc1ccc(C)cc1Cl. The second-order valence-electron chi connectivity index (χ2n) is 3.89. The van der Waals surface area contributed by atoms with Crippen molar-refractivity contribution in [2.24, 2.45) is 0 Å². The largest absolute Gasteiger partial charge is 0.335 e. The third-order valence-electron chi connectivity index (χ3n) is 2.36. The van der Waals surface area contributed by atoms with Crippen LogP contribution >= 0.6 is 11.6 Å². The topological polar surface area (TPSA) is 41.1 Å². The predicted molar refractivity (Wildman–Crippen MR) is 68.1 cm³/mol. The van der Waals surface area contributed by atoms with Crippen LogP contribution < -0.4 is 10.6 Å². The van der Waals surface area contributed by atoms with Crippen LogP contribution in [0.5, 0.6) is 0 Å². The maximum atomic E-state index is 11.5. The second-order valence-corrected chi connectivity index (χ2v) is 4.30. The number of halogens is 1. The Morgan fingerprint density at radius 2 is 2.19 bits per heavy atom. The summed E-state index contributed by atoms with van der Waals surface area (Å²) in [6, 6.07) is 5.46. The van der Waals surface area contributed by atoms with E-state index in [0.717, 1.165) is 12.0 Å². The zero-order chi connectivity index (χ0) is 12.1. The molecule has 1 aromatic carbocycles. The molecule has 0 bridgehead atoms. The van der Waals surface area contributed by atoms with E-state index in [4.69, 9.17) is 11.6 Å². The van der Waals surface area contributed by atoms with Crippen LogP contribution in [0.1, 0.15) is 25.8 Å². The minimum Gasteiger partial charge on any atom is -0.335 e. The van der Waals surface area contributed by atoms with Gasteiger partial charge >= 0.3 is 6.03 Å². The number of amides is 2. The van der Waals surface area contributed by atoms with Crippen LogP contribution in [0.15, 0.2) is 18.2 Å². The highest BCUT2D eigenvalue weighted by Gasteiger charge is 2.07. The van der Waals surface area contributed by atoms with Crippen molar-refractivity contribution in [2.75, 3.05) is 5.32 Å². The van der Waals surface area contributed by atoms with Crippen LogP contribution in [0.4, 0.5) is 10.5 Å². The van der Waals surface area contributed by atoms with Crippen LogP contribution in [0, 0.1) is 6.92 Å². The number of urea groups is 1. The number of aryl methyl sites for hydroxylation is 1. The standard InChI is InChI=1S/C12H17ClN2O/c1-4-9(3)14-12(16)15-11-6-5-8(2)7-10(11)13/h5-7,9H,4H2,1-3H3,(H2,14,15,16). The van der Waals surface area contributed by atoms with Crippen molar-refractivity contribution in [1.29, 1.82) is 0 Å². The third kappa shape index (κ3) is 3.74. The molecular weight excluding hydrogens is 224 g/mol. The Bertz CT molecular complexity index is 379. The van der Waals surface area contributed by atoms with E-state index in [1.54, 1.807) is 6.07 Å². The van der Waals surface area contributed by atoms with Crippen LogP contribution in [0.3, 0.4) is 0 Å². The molecular formula is C12H17ClN2O. The Balaban J connectivity index is 2.63. The summed E-state index contributed by atoms with van der Waals surface area (Å²) in [6.07, 6.45) is 0.898. The van der Waals surface area contributed by atoms with E-state index in [1.807, 2.05) is 32.9 Å². The molecule has 0 aliphatic carbocycles. The van der Waals surface area contributed by atoms with Crippen molar-refractivity contribution in [2.45, 2.75) is 33.2 Å². The van der Waals surface area contributed by atoms with Gasteiger partial charge in [0.05, 0.1) is 10.7 Å². The number of anilines is 1. The van der Waals surface area contributed by atoms with E-state index >= 15 is 0 Å². The molecule has 88 valence electrons. The third-order valence-corrected chi connectivity index (χ3v) is 2.68. The fraction of sp³-hybridized carbons (Fsp3) is 0.417. The van der Waals surface area contributed by atoms with Gasteiger partial charge in [-0.1, -0.05) is 24.6 Å². The van der Waals surface area contributed by atoms with E-state index in [1.165, 1.54) is 0 Å². The number of nitrogens with one attached hydrogen (secondary N) is 2. The molecule has 0 aromatic heterocycles. The van der Waals surface area contributed by atoms with Gasteiger partial charge in [-0.25, -0.2) is 4.79 Å². The number of hydrogen-bond donors (Lipinski definition) is 2. The maximum absolute atomic E-state index is 11.5. The van der Waals surface area contributed by atoms with E-state index in [9.17, 15) is 4.79 Å². The Morgan fingerprint density at radius 3 is 2.75 bits per heavy atom. The molecule has 0 fully saturated rings. The fourth-order valence-electron chi connectivity index (χ4n) is 1.21. The number of rotatable bonds is 3. The van der Waals surface area contributed by atoms with Crippen molar-refractivity contribution in [3.05, 3.63) is 28.8 Å². The highest BCUT2D eigenvalue weighted by atomic mass is 35.5. The summed E-state index contributed by atoms with van der Waals surface area (Å²) >= 11 is 6.00. The Kier molecular flexibility index (Phi) is 4.62. The van der Waals surface area contributed by atoms with Gasteiger partial charge in [0.1, 0.15) is 0 Å². The lowest BCUT2D eigenvalue weighted by molar-refractivity contribution is 0.249. The average Bonchev–Trinajstić information content (AvgIpc) is 2.22. The van der Waals surface area contributed by atoms with Gasteiger partial charge in [-0.3, -0.25) is 0 Å². The monoisotopic (exact) mass is 240 g/mol. The quantitative estimate of drug-likeness (QED) is 0.833. The number of hydrogen-bond acceptors (Lipinski definition) is 1. The minimum atomic E-state index is -0.222. The molecule has 1 aromatic rings. The van der Waals surface area contributed by atoms with Crippen molar-refractivity contribution in [3.63, 3.8) is 0 Å². The normalized spacial score (nSPS) is 12.0. The molecule has 0 aliphatic rings. The van der Waals surface area contributed by atoms with Gasteiger partial charge in [-0.05, 0) is 38.0 Å². The highest BCUT2D eigenvalue weighted by molar-refractivity contribution is 6.33. The minimum absolute atomic E-state index is 0.157. The van der Waals surface area contributed by atoms with Gasteiger partial charge in [0.25, 0.3) is 0 Å². The van der Waals surface area contributed by atoms with E-state index in [2.05, 4.69) is 10.6 Å². The summed E-state index contributed by atoms with van der Waals surface area (Å²) in [7, 11) is 0. The molecule has 0 heterocycles. The molecule has 1 rings (SSSR count). The lowest BCUT2D eigenvalue weighted by Crippen LogP contribution is -2.35. The van der Waals surface area contributed by atoms with E-state index in [-0.39, 0.29) is 12.1 Å². The van der Waals surface area contributed by atoms with Crippen LogP contribution in [0.25, 0.3) is 0 Å². The van der Waals surface area contributed by atoms with Crippen LogP contribution in [0.2, 0.25) is 5.02 Å². The van der Waals surface area contributed by atoms with Crippen LogP contribution in [-0.4, -0.2) is 12.1 Å². The second kappa shape index (κ2) is 5.75. The first-order valence-corrected chi connectivity index (χ1v) is 5.74. The van der Waals surface area contributed by atoms with Crippen molar-refractivity contribution in [3.8, 4) is 0 Å². The summed E-state index contributed by atoms with van der Waals surface area (Å²) in [5.74, 6) is 0. The molecule has 2 N–H and O–H groups in total. The molecule has 3 nitrogen and oxygen atoms in total. The molecule has 0 spiro atoms.